The fourth-order valence-electron chi connectivity index (χ4n) is 1.88. The summed E-state index contributed by atoms with van der Waals surface area (Å²) in [6, 6.07) is 9.25. The molecule has 0 radical (unpaired) electrons. The summed E-state index contributed by atoms with van der Waals surface area (Å²) in [5.41, 5.74) is 0.734. The highest BCUT2D eigenvalue weighted by Crippen LogP contribution is 2.19. The van der Waals surface area contributed by atoms with Gasteiger partial charge in [0.2, 0.25) is 5.91 Å². The summed E-state index contributed by atoms with van der Waals surface area (Å²) in [7, 11) is 0. The van der Waals surface area contributed by atoms with Crippen molar-refractivity contribution >= 4 is 23.9 Å². The smallest absolute Gasteiger partial charge is 0.355 e. The lowest BCUT2D eigenvalue weighted by molar-refractivity contribution is -0.151. The third kappa shape index (κ3) is 5.58. The number of hydrogen-bond donors (Lipinski definition) is 2. The fraction of sp³-hybridized carbons (Fsp3) is 0.353. The molecule has 1 atom stereocenters. The van der Waals surface area contributed by atoms with Gasteiger partial charge >= 0.3 is 5.97 Å². The molecule has 122 valence electrons. The number of benzene rings is 1. The van der Waals surface area contributed by atoms with Gasteiger partial charge < -0.3 is 15.4 Å². The lowest BCUT2D eigenvalue weighted by Gasteiger charge is -2.15. The number of ether oxygens (including phenoxy) is 1. The number of nitrogens with one attached hydrogen (secondary N) is 2. The molecule has 23 heavy (non-hydrogen) atoms. The van der Waals surface area contributed by atoms with Crippen LogP contribution in [0.4, 0.5) is 0 Å². The first-order valence-electron chi connectivity index (χ1n) is 7.51. The Labute approximate surface area is 134 Å². The highest BCUT2D eigenvalue weighted by atomic mass is 16.5. The molecule has 1 aliphatic carbocycles. The second-order valence-corrected chi connectivity index (χ2v) is 5.48. The minimum absolute atomic E-state index is 0.00484. The fourth-order valence-corrected chi connectivity index (χ4v) is 1.88. The Kier molecular flexibility index (Phi) is 5.51. The first-order chi connectivity index (χ1) is 11.0. The molecule has 0 spiro atoms. The van der Waals surface area contributed by atoms with Crippen LogP contribution in [0.2, 0.25) is 0 Å². The summed E-state index contributed by atoms with van der Waals surface area (Å²) in [5, 5.41) is 5.21. The Morgan fingerprint density at radius 3 is 2.43 bits per heavy atom. The van der Waals surface area contributed by atoms with Crippen molar-refractivity contribution in [3.63, 3.8) is 0 Å². The molecule has 1 aromatic carbocycles. The Balaban J connectivity index is 2.05. The zero-order valence-electron chi connectivity index (χ0n) is 13.2. The van der Waals surface area contributed by atoms with Crippen molar-refractivity contribution in [2.75, 3.05) is 0 Å². The topological polar surface area (TPSA) is 84.5 Å². The molecule has 0 unspecified atom stereocenters. The van der Waals surface area contributed by atoms with Crippen molar-refractivity contribution in [2.24, 2.45) is 0 Å². The molecule has 2 amide bonds. The summed E-state index contributed by atoms with van der Waals surface area (Å²) in [5.74, 6) is -1.47. The van der Waals surface area contributed by atoms with E-state index in [2.05, 4.69) is 10.6 Å². The second kappa shape index (κ2) is 7.58. The molecule has 2 N–H and O–H groups in total. The van der Waals surface area contributed by atoms with E-state index in [1.807, 2.05) is 18.2 Å². The monoisotopic (exact) mass is 316 g/mol. The van der Waals surface area contributed by atoms with E-state index >= 15 is 0 Å². The molecule has 0 aliphatic heterocycles. The first-order valence-corrected chi connectivity index (χ1v) is 7.51. The van der Waals surface area contributed by atoms with Crippen molar-refractivity contribution in [2.45, 2.75) is 38.8 Å². The average molecular weight is 316 g/mol. The van der Waals surface area contributed by atoms with Crippen LogP contribution in [0.5, 0.6) is 0 Å². The van der Waals surface area contributed by atoms with Crippen molar-refractivity contribution in [1.82, 2.24) is 10.6 Å². The van der Waals surface area contributed by atoms with E-state index in [9.17, 15) is 14.4 Å². The third-order valence-electron chi connectivity index (χ3n) is 3.22. The van der Waals surface area contributed by atoms with Crippen LogP contribution in [0, 0.1) is 0 Å². The maximum Gasteiger partial charge on any atom is 0.355 e. The molecule has 6 nitrogen and oxygen atoms in total. The van der Waals surface area contributed by atoms with Gasteiger partial charge in [-0.1, -0.05) is 30.3 Å². The molecule has 1 aromatic rings. The van der Waals surface area contributed by atoms with Crippen molar-refractivity contribution < 1.29 is 19.1 Å². The van der Waals surface area contributed by atoms with Gasteiger partial charge in [-0.05, 0) is 31.4 Å². The van der Waals surface area contributed by atoms with Crippen LogP contribution in [0.25, 0.3) is 6.08 Å². The average Bonchev–Trinajstić information content (AvgIpc) is 3.31. The molecule has 0 bridgehead atoms. The lowest BCUT2D eigenvalue weighted by atomic mass is 10.2. The number of carbonyl (C=O) groups excluding carboxylic acids is 3. The second-order valence-electron chi connectivity index (χ2n) is 5.48. The molecule has 1 aliphatic rings. The van der Waals surface area contributed by atoms with Crippen molar-refractivity contribution in [1.29, 1.82) is 0 Å². The van der Waals surface area contributed by atoms with Crippen LogP contribution in [0.3, 0.4) is 0 Å². The summed E-state index contributed by atoms with van der Waals surface area (Å²) < 4.78 is 5.14. The first kappa shape index (κ1) is 16.7. The largest absolute Gasteiger partial charge is 0.448 e. The van der Waals surface area contributed by atoms with Crippen LogP contribution in [0.1, 0.15) is 32.3 Å². The zero-order chi connectivity index (χ0) is 16.8. The number of amides is 2. The molecule has 1 saturated carbocycles. The van der Waals surface area contributed by atoms with E-state index in [0.29, 0.717) is 0 Å². The number of rotatable bonds is 6. The highest BCUT2D eigenvalue weighted by molar-refractivity contribution is 5.98. The van der Waals surface area contributed by atoms with E-state index < -0.39 is 12.1 Å². The van der Waals surface area contributed by atoms with Gasteiger partial charge in [0.1, 0.15) is 5.70 Å². The van der Waals surface area contributed by atoms with Gasteiger partial charge in [0, 0.05) is 13.0 Å². The van der Waals surface area contributed by atoms with Crippen molar-refractivity contribution in [3.05, 3.63) is 41.6 Å². The molecule has 2 rings (SSSR count). The summed E-state index contributed by atoms with van der Waals surface area (Å²) in [6.45, 7) is 2.80. The van der Waals surface area contributed by atoms with E-state index in [4.69, 9.17) is 4.74 Å². The van der Waals surface area contributed by atoms with E-state index in [1.54, 1.807) is 12.1 Å². The highest BCUT2D eigenvalue weighted by Gasteiger charge is 2.27. The van der Waals surface area contributed by atoms with Crippen LogP contribution in [0.15, 0.2) is 36.0 Å². The molecular weight excluding hydrogens is 296 g/mol. The Hall–Kier alpha value is -2.63. The zero-order valence-corrected chi connectivity index (χ0v) is 13.2. The summed E-state index contributed by atoms with van der Waals surface area (Å²) >= 11 is 0. The van der Waals surface area contributed by atoms with Crippen LogP contribution in [-0.2, 0) is 19.1 Å². The van der Waals surface area contributed by atoms with Crippen LogP contribution >= 0.6 is 0 Å². The Morgan fingerprint density at radius 1 is 1.22 bits per heavy atom. The third-order valence-corrected chi connectivity index (χ3v) is 3.22. The molecule has 0 saturated heterocycles. The number of esters is 1. The van der Waals surface area contributed by atoms with Gasteiger partial charge in [-0.15, -0.1) is 0 Å². The van der Waals surface area contributed by atoms with E-state index in [-0.39, 0.29) is 23.6 Å². The normalized spacial score (nSPS) is 15.5. The molecule has 0 heterocycles. The Morgan fingerprint density at radius 2 is 1.87 bits per heavy atom. The quantitative estimate of drug-likeness (QED) is 0.613. The Bertz CT molecular complexity index is 621. The number of hydrogen-bond acceptors (Lipinski definition) is 4. The standard InChI is InChI=1S/C17H20N2O4/c1-11(16(21)19-14-8-9-14)23-17(22)15(18-12(2)20)10-13-6-4-3-5-7-13/h3-7,10-11,14H,8-9H2,1-2H3,(H,18,20)(H,19,21)/b15-10-/t11-/m0/s1. The maximum absolute atomic E-state index is 12.2. The lowest BCUT2D eigenvalue weighted by Crippen LogP contribution is -2.38. The van der Waals surface area contributed by atoms with Crippen LogP contribution in [-0.4, -0.2) is 29.9 Å². The predicted octanol–water partition coefficient (Wildman–Crippen LogP) is 1.37. The summed E-state index contributed by atoms with van der Waals surface area (Å²) in [6.07, 6.45) is 2.50. The SMILES string of the molecule is CC(=O)N/C(=C\c1ccccc1)C(=O)O[C@@H](C)C(=O)NC1CC1. The van der Waals surface area contributed by atoms with Gasteiger partial charge in [0.15, 0.2) is 6.10 Å². The van der Waals surface area contributed by atoms with Gasteiger partial charge in [0.05, 0.1) is 0 Å². The minimum atomic E-state index is -0.920. The van der Waals surface area contributed by atoms with Gasteiger partial charge in [-0.3, -0.25) is 9.59 Å². The minimum Gasteiger partial charge on any atom is -0.448 e. The molecule has 6 heteroatoms. The van der Waals surface area contributed by atoms with Gasteiger partial charge in [-0.2, -0.15) is 0 Å². The van der Waals surface area contributed by atoms with Crippen LogP contribution < -0.4 is 10.6 Å². The molecular formula is C17H20N2O4. The molecule has 0 aromatic heterocycles. The van der Waals surface area contributed by atoms with E-state index in [0.717, 1.165) is 18.4 Å². The molecule has 1 fully saturated rings. The summed E-state index contributed by atoms with van der Waals surface area (Å²) in [4.78, 5) is 35.3. The van der Waals surface area contributed by atoms with E-state index in [1.165, 1.54) is 19.9 Å². The van der Waals surface area contributed by atoms with Crippen molar-refractivity contribution in [3.8, 4) is 0 Å². The predicted molar refractivity (Wildman–Crippen MR) is 85.0 cm³/mol. The maximum atomic E-state index is 12.2. The van der Waals surface area contributed by atoms with Gasteiger partial charge in [0.25, 0.3) is 5.91 Å². The number of carbonyl (C=O) groups is 3. The van der Waals surface area contributed by atoms with Gasteiger partial charge in [-0.25, -0.2) is 4.79 Å².